The van der Waals surface area contributed by atoms with Gasteiger partial charge in [0.15, 0.2) is 17.5 Å². The molecule has 1 heterocycles. The summed E-state index contributed by atoms with van der Waals surface area (Å²) in [6, 6.07) is 11.4. The Morgan fingerprint density at radius 3 is 2.47 bits per heavy atom. The van der Waals surface area contributed by atoms with E-state index in [2.05, 4.69) is 10.3 Å². The number of aryl methyl sites for hydroxylation is 1. The number of carbonyl (C=O) groups excluding carboxylic acids is 2. The number of hydrogen-bond donors (Lipinski definition) is 1. The number of halogens is 3. The molecule has 0 unspecified atom stereocenters. The van der Waals surface area contributed by atoms with E-state index in [4.69, 9.17) is 0 Å². The molecule has 1 N–H and O–H groups in total. The van der Waals surface area contributed by atoms with Crippen molar-refractivity contribution in [3.8, 4) is 0 Å². The number of nitrogens with zero attached hydrogens (tertiary/aromatic N) is 2. The molecule has 2 aromatic carbocycles. The second-order valence-corrected chi connectivity index (χ2v) is 8.27. The van der Waals surface area contributed by atoms with E-state index in [1.54, 1.807) is 6.92 Å². The molecule has 0 fully saturated rings. The molecule has 3 aromatic rings. The largest absolute Gasteiger partial charge is 0.329 e. The quantitative estimate of drug-likeness (QED) is 0.483. The maximum absolute atomic E-state index is 13.8. The third-order valence-corrected chi connectivity index (χ3v) is 5.80. The topological polar surface area (TPSA) is 62.3 Å². The normalized spacial score (nSPS) is 10.8. The summed E-state index contributed by atoms with van der Waals surface area (Å²) in [7, 11) is 0. The van der Waals surface area contributed by atoms with Gasteiger partial charge in [-0.1, -0.05) is 37.3 Å². The van der Waals surface area contributed by atoms with E-state index in [0.29, 0.717) is 23.4 Å². The van der Waals surface area contributed by atoms with Crippen molar-refractivity contribution in [3.05, 3.63) is 81.1 Å². The van der Waals surface area contributed by atoms with Crippen LogP contribution in [0.4, 0.5) is 18.9 Å². The minimum atomic E-state index is -1.67. The Labute approximate surface area is 187 Å². The van der Waals surface area contributed by atoms with Gasteiger partial charge < -0.3 is 10.2 Å². The lowest BCUT2D eigenvalue weighted by Crippen LogP contribution is -2.38. The first kappa shape index (κ1) is 23.5. The molecule has 3 rings (SSSR count). The van der Waals surface area contributed by atoms with Crippen molar-refractivity contribution in [3.63, 3.8) is 0 Å². The molecular formula is C23H22F3N3O2S. The fourth-order valence-electron chi connectivity index (χ4n) is 3.15. The number of rotatable bonds is 8. The molecule has 0 radical (unpaired) electrons. The summed E-state index contributed by atoms with van der Waals surface area (Å²) in [5, 5.41) is 2.98. The summed E-state index contributed by atoms with van der Waals surface area (Å²) in [5.74, 6) is -5.59. The highest BCUT2D eigenvalue weighted by Gasteiger charge is 2.24. The fraction of sp³-hybridized carbons (Fsp3) is 0.261. The van der Waals surface area contributed by atoms with E-state index >= 15 is 0 Å². The van der Waals surface area contributed by atoms with Gasteiger partial charge >= 0.3 is 0 Å². The summed E-state index contributed by atoms with van der Waals surface area (Å²) in [5.41, 5.74) is 1.15. The lowest BCUT2D eigenvalue weighted by Gasteiger charge is -2.21. The smallest absolute Gasteiger partial charge is 0.266 e. The van der Waals surface area contributed by atoms with E-state index in [9.17, 15) is 22.8 Å². The zero-order valence-corrected chi connectivity index (χ0v) is 18.4. The average molecular weight is 462 g/mol. The molecule has 0 saturated heterocycles. The fourth-order valence-corrected chi connectivity index (χ4v) is 4.22. The van der Waals surface area contributed by atoms with Gasteiger partial charge in [-0.25, -0.2) is 18.2 Å². The standard InChI is InChI=1S/C23H22F3N3O2S/c1-3-11-29(13-18(30)28-17-10-9-16(24)20(25)21(17)26)23(31)22-14(2)27-19(32-22)12-15-7-5-4-6-8-15/h4-10H,3,11-13H2,1-2H3,(H,28,30). The minimum absolute atomic E-state index is 0.290. The van der Waals surface area contributed by atoms with Crippen molar-refractivity contribution in [1.82, 2.24) is 9.88 Å². The van der Waals surface area contributed by atoms with Crippen LogP contribution in [0.3, 0.4) is 0 Å². The predicted molar refractivity (Wildman–Crippen MR) is 117 cm³/mol. The van der Waals surface area contributed by atoms with Crippen LogP contribution in [0.25, 0.3) is 0 Å². The molecule has 2 amide bonds. The average Bonchev–Trinajstić information content (AvgIpc) is 3.14. The molecule has 1 aromatic heterocycles. The summed E-state index contributed by atoms with van der Waals surface area (Å²) >= 11 is 1.27. The number of carbonyl (C=O) groups is 2. The van der Waals surface area contributed by atoms with Crippen LogP contribution in [0.1, 0.15) is 39.3 Å². The Balaban J connectivity index is 1.73. The monoisotopic (exact) mass is 461 g/mol. The Bertz CT molecular complexity index is 1120. The number of anilines is 1. The molecule has 0 aliphatic carbocycles. The molecular weight excluding hydrogens is 439 g/mol. The van der Waals surface area contributed by atoms with Gasteiger partial charge in [-0.15, -0.1) is 11.3 Å². The van der Waals surface area contributed by atoms with Gasteiger partial charge in [0.2, 0.25) is 5.91 Å². The predicted octanol–water partition coefficient (Wildman–Crippen LogP) is 4.95. The molecule has 0 bridgehead atoms. The van der Waals surface area contributed by atoms with E-state index in [1.165, 1.54) is 16.2 Å². The molecule has 0 aliphatic rings. The third kappa shape index (κ3) is 5.53. The highest BCUT2D eigenvalue weighted by molar-refractivity contribution is 7.13. The van der Waals surface area contributed by atoms with Crippen LogP contribution >= 0.6 is 11.3 Å². The number of thiazole rings is 1. The van der Waals surface area contributed by atoms with E-state index < -0.39 is 29.0 Å². The highest BCUT2D eigenvalue weighted by atomic mass is 32.1. The van der Waals surface area contributed by atoms with Crippen molar-refractivity contribution in [2.75, 3.05) is 18.4 Å². The molecule has 32 heavy (non-hydrogen) atoms. The van der Waals surface area contributed by atoms with Crippen LogP contribution in [-0.2, 0) is 11.2 Å². The molecule has 5 nitrogen and oxygen atoms in total. The van der Waals surface area contributed by atoms with Crippen LogP contribution in [-0.4, -0.2) is 34.8 Å². The first-order valence-corrected chi connectivity index (χ1v) is 10.8. The van der Waals surface area contributed by atoms with Crippen molar-refractivity contribution >= 4 is 28.8 Å². The molecule has 0 spiro atoms. The van der Waals surface area contributed by atoms with Crippen molar-refractivity contribution in [2.24, 2.45) is 0 Å². The van der Waals surface area contributed by atoms with E-state index in [-0.39, 0.29) is 19.0 Å². The summed E-state index contributed by atoms with van der Waals surface area (Å²) in [6.45, 7) is 3.51. The van der Waals surface area contributed by atoms with Crippen molar-refractivity contribution in [1.29, 1.82) is 0 Å². The van der Waals surface area contributed by atoms with Crippen LogP contribution in [0.15, 0.2) is 42.5 Å². The summed E-state index contributed by atoms with van der Waals surface area (Å²) < 4.78 is 40.3. The van der Waals surface area contributed by atoms with Crippen LogP contribution < -0.4 is 5.32 Å². The first-order valence-electron chi connectivity index (χ1n) is 10.0. The molecule has 9 heteroatoms. The molecule has 168 valence electrons. The van der Waals surface area contributed by atoms with E-state index in [0.717, 1.165) is 22.7 Å². The number of benzene rings is 2. The zero-order chi connectivity index (χ0) is 23.3. The van der Waals surface area contributed by atoms with Gasteiger partial charge in [0.1, 0.15) is 11.4 Å². The van der Waals surface area contributed by atoms with Crippen LogP contribution in [0.2, 0.25) is 0 Å². The molecule has 0 atom stereocenters. The number of hydrogen-bond acceptors (Lipinski definition) is 4. The third-order valence-electron chi connectivity index (χ3n) is 4.66. The Morgan fingerprint density at radius 2 is 1.78 bits per heavy atom. The van der Waals surface area contributed by atoms with E-state index in [1.807, 2.05) is 37.3 Å². The van der Waals surface area contributed by atoms with Gasteiger partial charge in [-0.2, -0.15) is 0 Å². The lowest BCUT2D eigenvalue weighted by atomic mass is 10.2. The number of aromatic nitrogens is 1. The molecule has 0 aliphatic heterocycles. The van der Waals surface area contributed by atoms with Gasteiger partial charge in [0.25, 0.3) is 5.91 Å². The van der Waals surface area contributed by atoms with Crippen LogP contribution in [0.5, 0.6) is 0 Å². The number of nitrogens with one attached hydrogen (secondary N) is 1. The summed E-state index contributed by atoms with van der Waals surface area (Å²) in [6.07, 6.45) is 1.18. The van der Waals surface area contributed by atoms with Gasteiger partial charge in [0, 0.05) is 13.0 Å². The Kier molecular flexibility index (Phi) is 7.63. The molecule has 0 saturated carbocycles. The van der Waals surface area contributed by atoms with Crippen molar-refractivity contribution in [2.45, 2.75) is 26.7 Å². The van der Waals surface area contributed by atoms with Gasteiger partial charge in [-0.05, 0) is 31.0 Å². The van der Waals surface area contributed by atoms with Crippen molar-refractivity contribution < 1.29 is 22.8 Å². The first-order chi connectivity index (χ1) is 15.3. The number of amides is 2. The Morgan fingerprint density at radius 1 is 1.06 bits per heavy atom. The lowest BCUT2D eigenvalue weighted by molar-refractivity contribution is -0.116. The minimum Gasteiger partial charge on any atom is -0.329 e. The highest BCUT2D eigenvalue weighted by Crippen LogP contribution is 2.23. The van der Waals surface area contributed by atoms with Gasteiger partial charge in [0.05, 0.1) is 16.4 Å². The van der Waals surface area contributed by atoms with Gasteiger partial charge in [-0.3, -0.25) is 9.59 Å². The summed E-state index contributed by atoms with van der Waals surface area (Å²) in [4.78, 5) is 31.8. The second kappa shape index (κ2) is 10.4. The van der Waals surface area contributed by atoms with Crippen LogP contribution in [0, 0.1) is 24.4 Å². The SMILES string of the molecule is CCCN(CC(=O)Nc1ccc(F)c(F)c1F)C(=O)c1sc(Cc2ccccc2)nc1C. The Hall–Kier alpha value is -3.20. The zero-order valence-electron chi connectivity index (χ0n) is 17.6. The second-order valence-electron chi connectivity index (χ2n) is 7.18. The maximum Gasteiger partial charge on any atom is 0.266 e. The maximum atomic E-state index is 13.8.